The van der Waals surface area contributed by atoms with Crippen LogP contribution in [0.1, 0.15) is 49.0 Å². The van der Waals surface area contributed by atoms with Crippen molar-refractivity contribution in [1.29, 1.82) is 0 Å². The van der Waals surface area contributed by atoms with Crippen molar-refractivity contribution >= 4 is 11.9 Å². The zero-order valence-electron chi connectivity index (χ0n) is 15.0. The number of rotatable bonds is 5. The molecule has 0 saturated carbocycles. The van der Waals surface area contributed by atoms with Crippen molar-refractivity contribution in [1.82, 2.24) is 10.2 Å². The van der Waals surface area contributed by atoms with E-state index in [2.05, 4.69) is 15.2 Å². The maximum atomic E-state index is 12.4. The first-order chi connectivity index (χ1) is 11.6. The summed E-state index contributed by atoms with van der Waals surface area (Å²) in [5.41, 5.74) is 1.58. The third-order valence-corrected chi connectivity index (χ3v) is 4.08. The van der Waals surface area contributed by atoms with E-state index in [1.807, 2.05) is 45.0 Å². The van der Waals surface area contributed by atoms with Crippen LogP contribution in [0.3, 0.4) is 0 Å². The molecule has 1 heterocycles. The molecule has 1 saturated heterocycles. The van der Waals surface area contributed by atoms with Gasteiger partial charge >= 0.3 is 0 Å². The number of aryl methyl sites for hydroxylation is 1. The van der Waals surface area contributed by atoms with Gasteiger partial charge in [0.1, 0.15) is 0 Å². The van der Waals surface area contributed by atoms with Gasteiger partial charge in [0, 0.05) is 12.1 Å². The molecule has 0 spiro atoms. The molecule has 1 aliphatic heterocycles. The fourth-order valence-corrected chi connectivity index (χ4v) is 2.80. The highest BCUT2D eigenvalue weighted by atomic mass is 16.5. The number of aliphatic imine (C=N–C) groups is 1. The first kappa shape index (κ1) is 18.5. The van der Waals surface area contributed by atoms with Gasteiger partial charge in [-0.15, -0.1) is 0 Å². The van der Waals surface area contributed by atoms with Gasteiger partial charge in [0.2, 0.25) is 0 Å². The van der Waals surface area contributed by atoms with E-state index in [1.165, 1.54) is 19.3 Å². The third kappa shape index (κ3) is 5.96. The Balaban J connectivity index is 1.95. The van der Waals surface area contributed by atoms with E-state index in [-0.39, 0.29) is 12.0 Å². The van der Waals surface area contributed by atoms with E-state index in [4.69, 9.17) is 4.74 Å². The van der Waals surface area contributed by atoms with Crippen molar-refractivity contribution in [3.8, 4) is 0 Å². The highest BCUT2D eigenvalue weighted by molar-refractivity contribution is 6.04. The highest BCUT2D eigenvalue weighted by Gasteiger charge is 2.14. The maximum absolute atomic E-state index is 12.4. The van der Waals surface area contributed by atoms with E-state index in [0.717, 1.165) is 25.2 Å². The molecule has 0 bridgehead atoms. The van der Waals surface area contributed by atoms with Crippen LogP contribution in [-0.2, 0) is 4.74 Å². The minimum Gasteiger partial charge on any atom is -0.462 e. The number of hydrogen-bond donors (Lipinski definition) is 1. The number of amidine groups is 1. The summed E-state index contributed by atoms with van der Waals surface area (Å²) in [4.78, 5) is 19.3. The molecule has 24 heavy (non-hydrogen) atoms. The van der Waals surface area contributed by atoms with Crippen LogP contribution < -0.4 is 5.32 Å². The van der Waals surface area contributed by atoms with Gasteiger partial charge in [-0.3, -0.25) is 10.1 Å². The summed E-state index contributed by atoms with van der Waals surface area (Å²) in [5, 5.41) is 2.81. The lowest BCUT2D eigenvalue weighted by Crippen LogP contribution is -2.36. The summed E-state index contributed by atoms with van der Waals surface area (Å²) in [5.74, 6) is -0.175. The van der Waals surface area contributed by atoms with Gasteiger partial charge in [0.15, 0.2) is 0 Å². The van der Waals surface area contributed by atoms with Crippen molar-refractivity contribution in [3.05, 3.63) is 35.4 Å². The summed E-state index contributed by atoms with van der Waals surface area (Å²) >= 11 is 0. The summed E-state index contributed by atoms with van der Waals surface area (Å²) in [7, 11) is 0. The molecule has 2 rings (SSSR count). The van der Waals surface area contributed by atoms with Gasteiger partial charge in [0.05, 0.1) is 12.6 Å². The number of benzene rings is 1. The Morgan fingerprint density at radius 3 is 2.62 bits per heavy atom. The Hall–Kier alpha value is -1.88. The lowest BCUT2D eigenvalue weighted by molar-refractivity contribution is 0.0959. The largest absolute Gasteiger partial charge is 0.462 e. The van der Waals surface area contributed by atoms with E-state index in [1.54, 1.807) is 0 Å². The number of nitrogens with one attached hydrogen (secondary N) is 1. The lowest BCUT2D eigenvalue weighted by Gasteiger charge is -2.25. The number of amides is 1. The SMILES string of the molecule is Cc1ccccc1C(=O)NC(=NCCN1CCCCC1)OC(C)C. The summed E-state index contributed by atoms with van der Waals surface area (Å²) < 4.78 is 5.67. The molecule has 0 aromatic heterocycles. The van der Waals surface area contributed by atoms with Crippen LogP contribution in [0.5, 0.6) is 0 Å². The number of hydrogen-bond acceptors (Lipinski definition) is 4. The third-order valence-electron chi connectivity index (χ3n) is 4.08. The highest BCUT2D eigenvalue weighted by Crippen LogP contribution is 2.08. The Kier molecular flexibility index (Phi) is 7.25. The van der Waals surface area contributed by atoms with Crippen LogP contribution in [0.4, 0.5) is 0 Å². The second kappa shape index (κ2) is 9.42. The molecule has 1 aromatic rings. The molecule has 0 atom stereocenters. The zero-order valence-corrected chi connectivity index (χ0v) is 15.0. The molecule has 1 N–H and O–H groups in total. The number of carbonyl (C=O) groups is 1. The van der Waals surface area contributed by atoms with Crippen molar-refractivity contribution in [2.45, 2.75) is 46.1 Å². The lowest BCUT2D eigenvalue weighted by atomic mass is 10.1. The van der Waals surface area contributed by atoms with Crippen molar-refractivity contribution in [2.24, 2.45) is 4.99 Å². The molecule has 0 unspecified atom stereocenters. The number of nitrogens with zero attached hydrogens (tertiary/aromatic N) is 2. The Bertz CT molecular complexity index is 563. The molecule has 0 radical (unpaired) electrons. The summed E-state index contributed by atoms with van der Waals surface area (Å²) in [6.07, 6.45) is 3.83. The number of likely N-dealkylation sites (tertiary alicyclic amines) is 1. The van der Waals surface area contributed by atoms with Crippen LogP contribution in [0.15, 0.2) is 29.3 Å². The molecule has 1 fully saturated rings. The minimum atomic E-state index is -0.175. The van der Waals surface area contributed by atoms with Crippen LogP contribution in [0.25, 0.3) is 0 Å². The average molecular weight is 331 g/mol. The maximum Gasteiger partial charge on any atom is 0.291 e. The summed E-state index contributed by atoms with van der Waals surface area (Å²) in [6, 6.07) is 7.83. The van der Waals surface area contributed by atoms with Crippen molar-refractivity contribution in [2.75, 3.05) is 26.2 Å². The first-order valence-electron chi connectivity index (χ1n) is 8.86. The van der Waals surface area contributed by atoms with Gasteiger partial charge in [0.25, 0.3) is 11.9 Å². The minimum absolute atomic E-state index is 0.0316. The van der Waals surface area contributed by atoms with E-state index >= 15 is 0 Å². The van der Waals surface area contributed by atoms with Crippen LogP contribution >= 0.6 is 0 Å². The molecule has 5 nitrogen and oxygen atoms in total. The zero-order chi connectivity index (χ0) is 17.4. The fourth-order valence-electron chi connectivity index (χ4n) is 2.80. The second-order valence-corrected chi connectivity index (χ2v) is 6.52. The Morgan fingerprint density at radius 1 is 1.25 bits per heavy atom. The predicted octanol–water partition coefficient (Wildman–Crippen LogP) is 2.99. The number of piperidine rings is 1. The predicted molar refractivity (Wildman–Crippen MR) is 97.5 cm³/mol. The molecule has 1 aliphatic rings. The van der Waals surface area contributed by atoms with Crippen LogP contribution in [-0.4, -0.2) is 49.1 Å². The van der Waals surface area contributed by atoms with E-state index in [0.29, 0.717) is 18.1 Å². The quantitative estimate of drug-likeness (QED) is 0.666. The van der Waals surface area contributed by atoms with E-state index in [9.17, 15) is 4.79 Å². The fraction of sp³-hybridized carbons (Fsp3) is 0.579. The molecule has 5 heteroatoms. The monoisotopic (exact) mass is 331 g/mol. The van der Waals surface area contributed by atoms with Crippen LogP contribution in [0.2, 0.25) is 0 Å². The molecule has 0 aliphatic carbocycles. The first-order valence-corrected chi connectivity index (χ1v) is 8.86. The van der Waals surface area contributed by atoms with Gasteiger partial charge in [-0.1, -0.05) is 24.6 Å². The number of carbonyl (C=O) groups excluding carboxylic acids is 1. The molecule has 1 aromatic carbocycles. The van der Waals surface area contributed by atoms with E-state index < -0.39 is 0 Å². The van der Waals surface area contributed by atoms with Crippen molar-refractivity contribution < 1.29 is 9.53 Å². The Morgan fingerprint density at radius 2 is 1.96 bits per heavy atom. The topological polar surface area (TPSA) is 53.9 Å². The molecular weight excluding hydrogens is 302 g/mol. The van der Waals surface area contributed by atoms with Crippen molar-refractivity contribution in [3.63, 3.8) is 0 Å². The Labute approximate surface area is 145 Å². The summed E-state index contributed by atoms with van der Waals surface area (Å²) in [6.45, 7) is 9.61. The average Bonchev–Trinajstić information content (AvgIpc) is 2.55. The van der Waals surface area contributed by atoms with Gasteiger partial charge in [-0.05, 0) is 58.3 Å². The number of ether oxygens (including phenoxy) is 1. The van der Waals surface area contributed by atoms with Gasteiger partial charge < -0.3 is 9.64 Å². The molecule has 132 valence electrons. The molecular formula is C19H29N3O2. The van der Waals surface area contributed by atoms with Gasteiger partial charge in [-0.25, -0.2) is 4.99 Å². The van der Waals surface area contributed by atoms with Crippen LogP contribution in [0, 0.1) is 6.92 Å². The molecule has 1 amide bonds. The normalized spacial score (nSPS) is 16.2. The second-order valence-electron chi connectivity index (χ2n) is 6.52. The standard InChI is InChI=1S/C19H29N3O2/c1-15(2)24-19(20-11-14-22-12-7-4-8-13-22)21-18(23)17-10-6-5-9-16(17)3/h5-6,9-10,15H,4,7-8,11-14H2,1-3H3,(H,20,21,23). The smallest absolute Gasteiger partial charge is 0.291 e. The van der Waals surface area contributed by atoms with Gasteiger partial charge in [-0.2, -0.15) is 0 Å².